The van der Waals surface area contributed by atoms with Gasteiger partial charge in [-0.3, -0.25) is 4.90 Å². The normalized spacial score (nSPS) is 30.7. The minimum Gasteiger partial charge on any atom is -0.329 e. The molecule has 21 heavy (non-hydrogen) atoms. The van der Waals surface area contributed by atoms with Crippen molar-refractivity contribution in [3.8, 4) is 0 Å². The van der Waals surface area contributed by atoms with Gasteiger partial charge >= 0.3 is 0 Å². The molecule has 0 amide bonds. The van der Waals surface area contributed by atoms with Crippen molar-refractivity contribution in [2.75, 3.05) is 13.1 Å². The zero-order chi connectivity index (χ0) is 14.7. The molecule has 1 heterocycles. The highest BCUT2D eigenvalue weighted by molar-refractivity contribution is 5.29. The Morgan fingerprint density at radius 3 is 2.76 bits per heavy atom. The minimum atomic E-state index is 0.261. The number of rotatable bonds is 3. The molecule has 1 aliphatic heterocycles. The van der Waals surface area contributed by atoms with Crippen molar-refractivity contribution in [2.45, 2.75) is 64.0 Å². The van der Waals surface area contributed by atoms with Gasteiger partial charge < -0.3 is 5.73 Å². The molecule has 1 aliphatic carbocycles. The van der Waals surface area contributed by atoms with E-state index in [0.717, 1.165) is 19.0 Å². The van der Waals surface area contributed by atoms with E-state index in [4.69, 9.17) is 5.73 Å². The number of hydrogen-bond donors (Lipinski definition) is 1. The lowest BCUT2D eigenvalue weighted by Crippen LogP contribution is -2.55. The molecule has 116 valence electrons. The first kappa shape index (κ1) is 15.1. The molecule has 1 saturated carbocycles. The Morgan fingerprint density at radius 1 is 1.19 bits per heavy atom. The Morgan fingerprint density at radius 2 is 2.00 bits per heavy atom. The van der Waals surface area contributed by atoms with Crippen molar-refractivity contribution < 1.29 is 0 Å². The Hall–Kier alpha value is -0.860. The van der Waals surface area contributed by atoms with Crippen LogP contribution in [0.4, 0.5) is 0 Å². The maximum atomic E-state index is 6.30. The third kappa shape index (κ3) is 3.02. The predicted molar refractivity (Wildman–Crippen MR) is 89.2 cm³/mol. The van der Waals surface area contributed by atoms with Gasteiger partial charge in [0.1, 0.15) is 0 Å². The number of hydrogen-bond acceptors (Lipinski definition) is 2. The van der Waals surface area contributed by atoms with Crippen molar-refractivity contribution >= 4 is 0 Å². The van der Waals surface area contributed by atoms with Crippen molar-refractivity contribution in [3.05, 3.63) is 35.4 Å². The first-order valence-corrected chi connectivity index (χ1v) is 8.79. The molecule has 0 saturated heterocycles. The molecule has 0 aromatic heterocycles. The van der Waals surface area contributed by atoms with Crippen LogP contribution in [-0.2, 0) is 13.0 Å². The van der Waals surface area contributed by atoms with Crippen LogP contribution in [-0.4, -0.2) is 23.5 Å². The van der Waals surface area contributed by atoms with Crippen LogP contribution in [0.25, 0.3) is 0 Å². The summed E-state index contributed by atoms with van der Waals surface area (Å²) < 4.78 is 0. The number of benzene rings is 1. The highest BCUT2D eigenvalue weighted by atomic mass is 15.2. The summed E-state index contributed by atoms with van der Waals surface area (Å²) in [5.74, 6) is 0.926. The number of nitrogens with two attached hydrogens (primary N) is 1. The topological polar surface area (TPSA) is 29.3 Å². The molecule has 0 bridgehead atoms. The highest BCUT2D eigenvalue weighted by Gasteiger charge is 2.38. The molecule has 2 unspecified atom stereocenters. The van der Waals surface area contributed by atoms with E-state index in [0.29, 0.717) is 0 Å². The molecule has 2 N–H and O–H groups in total. The van der Waals surface area contributed by atoms with Gasteiger partial charge in [0.05, 0.1) is 0 Å². The number of fused-ring (bicyclic) bond motifs is 1. The van der Waals surface area contributed by atoms with Crippen LogP contribution in [0.5, 0.6) is 0 Å². The fraction of sp³-hybridized carbons (Fsp3) is 0.684. The SMILES string of the molecule is CCC1CCCC(CN)(N2CCc3ccccc3C2)CC1. The van der Waals surface area contributed by atoms with Gasteiger partial charge in [-0.2, -0.15) is 0 Å². The summed E-state index contributed by atoms with van der Waals surface area (Å²) >= 11 is 0. The third-order valence-corrected chi connectivity index (χ3v) is 6.03. The van der Waals surface area contributed by atoms with Crippen LogP contribution in [0, 0.1) is 5.92 Å². The second-order valence-corrected chi connectivity index (χ2v) is 7.07. The highest BCUT2D eigenvalue weighted by Crippen LogP contribution is 2.37. The van der Waals surface area contributed by atoms with Gasteiger partial charge in [-0.1, -0.05) is 50.5 Å². The Bertz CT molecular complexity index is 470. The van der Waals surface area contributed by atoms with E-state index in [2.05, 4.69) is 36.1 Å². The van der Waals surface area contributed by atoms with E-state index < -0.39 is 0 Å². The monoisotopic (exact) mass is 286 g/mol. The van der Waals surface area contributed by atoms with Gasteiger partial charge in [0, 0.05) is 25.2 Å². The zero-order valence-electron chi connectivity index (χ0n) is 13.5. The number of nitrogens with zero attached hydrogens (tertiary/aromatic N) is 1. The zero-order valence-corrected chi connectivity index (χ0v) is 13.5. The maximum Gasteiger partial charge on any atom is 0.0335 e. The molecular formula is C19H30N2. The lowest BCUT2D eigenvalue weighted by atomic mass is 9.85. The average Bonchev–Trinajstić information content (AvgIpc) is 2.77. The summed E-state index contributed by atoms with van der Waals surface area (Å²) in [5.41, 5.74) is 9.63. The van der Waals surface area contributed by atoms with Crippen LogP contribution in [0.3, 0.4) is 0 Å². The summed E-state index contributed by atoms with van der Waals surface area (Å²) in [6.07, 6.45) is 9.24. The first-order valence-electron chi connectivity index (χ1n) is 8.79. The molecule has 2 heteroatoms. The fourth-order valence-electron chi connectivity index (χ4n) is 4.42. The molecular weight excluding hydrogens is 256 g/mol. The minimum absolute atomic E-state index is 0.261. The van der Waals surface area contributed by atoms with Crippen molar-refractivity contribution in [2.24, 2.45) is 11.7 Å². The van der Waals surface area contributed by atoms with Crippen molar-refractivity contribution in [3.63, 3.8) is 0 Å². The van der Waals surface area contributed by atoms with E-state index in [-0.39, 0.29) is 5.54 Å². The molecule has 1 aromatic rings. The summed E-state index contributed by atoms with van der Waals surface area (Å²) in [6.45, 7) is 5.46. The maximum absolute atomic E-state index is 6.30. The average molecular weight is 286 g/mol. The summed E-state index contributed by atoms with van der Waals surface area (Å²) in [4.78, 5) is 2.72. The molecule has 3 rings (SSSR count). The van der Waals surface area contributed by atoms with Crippen LogP contribution >= 0.6 is 0 Å². The molecule has 2 aliphatic rings. The van der Waals surface area contributed by atoms with Crippen LogP contribution < -0.4 is 5.73 Å². The lowest BCUT2D eigenvalue weighted by molar-refractivity contribution is 0.0633. The van der Waals surface area contributed by atoms with Crippen LogP contribution in [0.1, 0.15) is 56.6 Å². The van der Waals surface area contributed by atoms with E-state index >= 15 is 0 Å². The summed E-state index contributed by atoms with van der Waals surface area (Å²) in [7, 11) is 0. The van der Waals surface area contributed by atoms with Gasteiger partial charge in [0.2, 0.25) is 0 Å². The second kappa shape index (κ2) is 6.50. The van der Waals surface area contributed by atoms with Gasteiger partial charge in [-0.15, -0.1) is 0 Å². The predicted octanol–water partition coefficient (Wildman–Crippen LogP) is 3.73. The molecule has 0 radical (unpaired) electrons. The van der Waals surface area contributed by atoms with Gasteiger partial charge in [-0.25, -0.2) is 0 Å². The molecule has 1 fully saturated rings. The first-order chi connectivity index (χ1) is 10.3. The van der Waals surface area contributed by atoms with E-state index in [1.54, 1.807) is 5.56 Å². The van der Waals surface area contributed by atoms with Gasteiger partial charge in [0.15, 0.2) is 0 Å². The quantitative estimate of drug-likeness (QED) is 0.858. The smallest absolute Gasteiger partial charge is 0.0335 e. The van der Waals surface area contributed by atoms with E-state index in [9.17, 15) is 0 Å². The molecule has 1 aromatic carbocycles. The van der Waals surface area contributed by atoms with Gasteiger partial charge in [0.25, 0.3) is 0 Å². The Labute approximate surface area is 129 Å². The van der Waals surface area contributed by atoms with Crippen LogP contribution in [0.2, 0.25) is 0 Å². The van der Waals surface area contributed by atoms with Crippen LogP contribution in [0.15, 0.2) is 24.3 Å². The van der Waals surface area contributed by atoms with Crippen molar-refractivity contribution in [1.82, 2.24) is 4.90 Å². The fourth-order valence-corrected chi connectivity index (χ4v) is 4.42. The Kier molecular flexibility index (Phi) is 4.66. The van der Waals surface area contributed by atoms with Gasteiger partial charge in [-0.05, 0) is 42.7 Å². The second-order valence-electron chi connectivity index (χ2n) is 7.07. The summed E-state index contributed by atoms with van der Waals surface area (Å²) in [5, 5.41) is 0. The van der Waals surface area contributed by atoms with E-state index in [1.165, 1.54) is 57.1 Å². The largest absolute Gasteiger partial charge is 0.329 e. The Balaban J connectivity index is 1.77. The van der Waals surface area contributed by atoms with Crippen molar-refractivity contribution in [1.29, 1.82) is 0 Å². The molecule has 2 atom stereocenters. The third-order valence-electron chi connectivity index (χ3n) is 6.03. The molecule has 0 spiro atoms. The summed E-state index contributed by atoms with van der Waals surface area (Å²) in [6, 6.07) is 8.95. The standard InChI is InChI=1S/C19H30N2/c1-2-16-6-5-11-19(15-20,12-9-16)21-13-10-17-7-3-4-8-18(17)14-21/h3-4,7-8,16H,2,5-6,9-15,20H2,1H3. The molecule has 2 nitrogen and oxygen atoms in total. The van der Waals surface area contributed by atoms with E-state index in [1.807, 2.05) is 0 Å². The lowest BCUT2D eigenvalue weighted by Gasteiger charge is -2.45.